The molecular formula is C9H13N4OS. The molecule has 2 aliphatic heterocycles. The van der Waals surface area contributed by atoms with Gasteiger partial charge >= 0.3 is 0 Å². The fourth-order valence-electron chi connectivity index (χ4n) is 1.43. The molecule has 2 heterocycles. The summed E-state index contributed by atoms with van der Waals surface area (Å²) < 4.78 is 0. The Morgan fingerprint density at radius 1 is 1.53 bits per heavy atom. The van der Waals surface area contributed by atoms with E-state index in [4.69, 9.17) is 17.7 Å². The zero-order valence-corrected chi connectivity index (χ0v) is 9.51. The zero-order chi connectivity index (χ0) is 11.0. The maximum Gasteiger partial charge on any atom is 0.167 e. The molecule has 0 unspecified atom stereocenters. The van der Waals surface area contributed by atoms with E-state index in [-0.39, 0.29) is 6.61 Å². The summed E-state index contributed by atoms with van der Waals surface area (Å²) in [4.78, 5) is 4.40. The van der Waals surface area contributed by atoms with Gasteiger partial charge in [-0.2, -0.15) is 0 Å². The molecule has 15 heavy (non-hydrogen) atoms. The summed E-state index contributed by atoms with van der Waals surface area (Å²) >= 11 is 5.30. The second-order valence-electron chi connectivity index (χ2n) is 3.47. The van der Waals surface area contributed by atoms with Crippen LogP contribution in [0, 0.1) is 0 Å². The van der Waals surface area contributed by atoms with Crippen LogP contribution in [0.4, 0.5) is 0 Å². The molecule has 0 bridgehead atoms. The normalized spacial score (nSPS) is 20.5. The van der Waals surface area contributed by atoms with Gasteiger partial charge in [0.15, 0.2) is 5.82 Å². The molecule has 0 aliphatic carbocycles. The predicted molar refractivity (Wildman–Crippen MR) is 60.2 cm³/mol. The number of aliphatic hydroxyl groups is 1. The molecule has 0 saturated carbocycles. The lowest BCUT2D eigenvalue weighted by Gasteiger charge is -2.26. The van der Waals surface area contributed by atoms with Crippen molar-refractivity contribution < 1.29 is 5.11 Å². The number of hydrogen-bond acceptors (Lipinski definition) is 5. The van der Waals surface area contributed by atoms with E-state index in [1.54, 1.807) is 10.0 Å². The van der Waals surface area contributed by atoms with E-state index in [9.17, 15) is 0 Å². The first kappa shape index (κ1) is 10.4. The van der Waals surface area contributed by atoms with Gasteiger partial charge in [-0.3, -0.25) is 5.01 Å². The van der Waals surface area contributed by atoms with Gasteiger partial charge in [-0.15, -0.1) is 5.53 Å². The van der Waals surface area contributed by atoms with Crippen molar-refractivity contribution in [2.45, 2.75) is 13.8 Å². The Morgan fingerprint density at radius 2 is 2.27 bits per heavy atom. The summed E-state index contributed by atoms with van der Waals surface area (Å²) in [6.07, 6.45) is 1.83. The second-order valence-corrected chi connectivity index (χ2v) is 3.85. The van der Waals surface area contributed by atoms with E-state index in [1.165, 1.54) is 0 Å². The van der Waals surface area contributed by atoms with Gasteiger partial charge in [0.25, 0.3) is 0 Å². The van der Waals surface area contributed by atoms with Crippen LogP contribution in [0.5, 0.6) is 0 Å². The first-order valence-corrected chi connectivity index (χ1v) is 5.13. The summed E-state index contributed by atoms with van der Waals surface area (Å²) in [7, 11) is 0. The Balaban J connectivity index is 2.26. The SMILES string of the molecule is CC1=NC2=CN(CCO)NN2C([S])=C1C. The Bertz CT molecular complexity index is 374. The topological polar surface area (TPSA) is 51.1 Å². The third-order valence-corrected chi connectivity index (χ3v) is 2.91. The van der Waals surface area contributed by atoms with Crippen LogP contribution in [0.15, 0.2) is 27.6 Å². The number of allylic oxidation sites excluding steroid dienone is 1. The fourth-order valence-corrected chi connectivity index (χ4v) is 1.72. The summed E-state index contributed by atoms with van der Waals surface area (Å²) in [5.74, 6) is 0.775. The number of hydrazine groups is 2. The molecule has 2 aliphatic rings. The minimum atomic E-state index is 0.0861. The molecule has 0 atom stereocenters. The molecule has 5 nitrogen and oxygen atoms in total. The molecule has 0 aromatic rings. The lowest BCUT2D eigenvalue weighted by molar-refractivity contribution is 0.137. The van der Waals surface area contributed by atoms with Crippen LogP contribution < -0.4 is 5.53 Å². The van der Waals surface area contributed by atoms with Crippen LogP contribution in [-0.4, -0.2) is 34.0 Å². The molecule has 0 amide bonds. The molecule has 6 heteroatoms. The standard InChI is InChI=1S/C9H13N4OS/c1-6-7(2)10-8-5-12(3-4-14)11-13(8)9(6)15/h5,11,14H,3-4H2,1-2H3. The van der Waals surface area contributed by atoms with Crippen molar-refractivity contribution in [2.75, 3.05) is 13.2 Å². The van der Waals surface area contributed by atoms with Gasteiger partial charge in [0.05, 0.1) is 19.4 Å². The molecule has 0 spiro atoms. The van der Waals surface area contributed by atoms with Crippen molar-refractivity contribution in [2.24, 2.45) is 4.99 Å². The van der Waals surface area contributed by atoms with Gasteiger partial charge in [-0.1, -0.05) is 12.6 Å². The third kappa shape index (κ3) is 1.71. The minimum Gasteiger partial charge on any atom is -0.394 e. The average molecular weight is 225 g/mol. The number of aliphatic imine (C=N–C) groups is 1. The van der Waals surface area contributed by atoms with Gasteiger partial charge in [0.2, 0.25) is 0 Å². The van der Waals surface area contributed by atoms with E-state index in [0.717, 1.165) is 22.1 Å². The van der Waals surface area contributed by atoms with Crippen molar-refractivity contribution in [1.29, 1.82) is 0 Å². The molecule has 0 aromatic carbocycles. The molecule has 2 rings (SSSR count). The molecule has 1 radical (unpaired) electrons. The number of β-amino-alcohol motifs (C(OH)–C–C–N with tert-alkyl or cyclic N) is 1. The fraction of sp³-hybridized carbons (Fsp3) is 0.444. The van der Waals surface area contributed by atoms with E-state index < -0.39 is 0 Å². The summed E-state index contributed by atoms with van der Waals surface area (Å²) in [6, 6.07) is 0. The lowest BCUT2D eigenvalue weighted by atomic mass is 10.2. The summed E-state index contributed by atoms with van der Waals surface area (Å²) in [5.41, 5.74) is 4.98. The zero-order valence-electron chi connectivity index (χ0n) is 8.69. The highest BCUT2D eigenvalue weighted by molar-refractivity contribution is 7.84. The number of rotatable bonds is 2. The molecule has 0 fully saturated rings. The monoisotopic (exact) mass is 225 g/mol. The Labute approximate surface area is 94.1 Å². The van der Waals surface area contributed by atoms with Crippen molar-refractivity contribution in [3.8, 4) is 0 Å². The van der Waals surface area contributed by atoms with Crippen LogP contribution in [0.2, 0.25) is 0 Å². The van der Waals surface area contributed by atoms with Crippen LogP contribution in [0.3, 0.4) is 0 Å². The van der Waals surface area contributed by atoms with Crippen LogP contribution >= 0.6 is 12.6 Å². The van der Waals surface area contributed by atoms with Gasteiger partial charge in [-0.25, -0.2) is 10.0 Å². The van der Waals surface area contributed by atoms with Gasteiger partial charge < -0.3 is 5.11 Å². The highest BCUT2D eigenvalue weighted by Crippen LogP contribution is 2.28. The molecule has 0 saturated heterocycles. The van der Waals surface area contributed by atoms with Crippen molar-refractivity contribution in [3.05, 3.63) is 22.6 Å². The van der Waals surface area contributed by atoms with Crippen molar-refractivity contribution in [3.63, 3.8) is 0 Å². The first-order valence-electron chi connectivity index (χ1n) is 4.73. The Hall–Kier alpha value is -1.11. The number of fused-ring (bicyclic) bond motifs is 1. The van der Waals surface area contributed by atoms with Gasteiger partial charge in [0, 0.05) is 11.3 Å². The quantitative estimate of drug-likeness (QED) is 0.727. The van der Waals surface area contributed by atoms with Gasteiger partial charge in [-0.05, 0) is 13.8 Å². The van der Waals surface area contributed by atoms with Crippen LogP contribution in [0.25, 0.3) is 0 Å². The highest BCUT2D eigenvalue weighted by Gasteiger charge is 2.27. The number of aliphatic hydroxyl groups excluding tert-OH is 1. The Morgan fingerprint density at radius 3 is 2.93 bits per heavy atom. The highest BCUT2D eigenvalue weighted by atomic mass is 32.1. The van der Waals surface area contributed by atoms with Crippen molar-refractivity contribution >= 4 is 18.3 Å². The maximum absolute atomic E-state index is 8.83. The number of hydrogen-bond donors (Lipinski definition) is 2. The molecule has 81 valence electrons. The first-order chi connectivity index (χ1) is 7.13. The summed E-state index contributed by atoms with van der Waals surface area (Å²) in [6.45, 7) is 4.49. The predicted octanol–water partition coefficient (Wildman–Crippen LogP) is 0.718. The summed E-state index contributed by atoms with van der Waals surface area (Å²) in [5, 5.41) is 13.1. The van der Waals surface area contributed by atoms with E-state index in [0.29, 0.717) is 6.54 Å². The van der Waals surface area contributed by atoms with Crippen LogP contribution in [0.1, 0.15) is 13.8 Å². The van der Waals surface area contributed by atoms with E-state index in [2.05, 4.69) is 10.5 Å². The van der Waals surface area contributed by atoms with Crippen LogP contribution in [-0.2, 0) is 0 Å². The molecule has 2 N–H and O–H groups in total. The molecule has 0 aromatic heterocycles. The number of nitrogens with one attached hydrogen (secondary N) is 1. The largest absolute Gasteiger partial charge is 0.394 e. The smallest absolute Gasteiger partial charge is 0.167 e. The van der Waals surface area contributed by atoms with E-state index in [1.807, 2.05) is 20.0 Å². The Kier molecular flexibility index (Phi) is 2.64. The lowest BCUT2D eigenvalue weighted by Crippen LogP contribution is -2.41. The minimum absolute atomic E-state index is 0.0861. The maximum atomic E-state index is 8.83. The average Bonchev–Trinajstić information content (AvgIpc) is 2.58. The van der Waals surface area contributed by atoms with E-state index >= 15 is 0 Å². The van der Waals surface area contributed by atoms with Gasteiger partial charge in [0.1, 0.15) is 5.03 Å². The van der Waals surface area contributed by atoms with Crippen molar-refractivity contribution in [1.82, 2.24) is 15.6 Å². The third-order valence-electron chi connectivity index (χ3n) is 2.42. The molecular weight excluding hydrogens is 212 g/mol. The second kappa shape index (κ2) is 3.80. The number of nitrogens with zero attached hydrogens (tertiary/aromatic N) is 3.